The first kappa shape index (κ1) is 30.1. The highest BCUT2D eigenvalue weighted by molar-refractivity contribution is 6.01. The van der Waals surface area contributed by atoms with Gasteiger partial charge in [0, 0.05) is 29.8 Å². The molecule has 228 valence electrons. The number of aliphatic hydroxyl groups excluding tert-OH is 1. The van der Waals surface area contributed by atoms with Gasteiger partial charge in [0.1, 0.15) is 12.3 Å². The van der Waals surface area contributed by atoms with Gasteiger partial charge in [-0.15, -0.1) is 0 Å². The minimum Gasteiger partial charge on any atom is -0.431 e. The van der Waals surface area contributed by atoms with Crippen molar-refractivity contribution >= 4 is 17.9 Å². The SMILES string of the molecule is CO[C@H]1CCCC[C@@H]1OC(=O)O[C@@]1(C(=O)OCF)[C@H](C)C[C@H]2[C@@H]3C[C@H](F)C4=CC(=O)C=C[C@]4(C)C3(F)[C@@H](O)C[C@@]21C. The summed E-state index contributed by atoms with van der Waals surface area (Å²) in [6.45, 7) is 3.18. The second kappa shape index (κ2) is 10.4. The third kappa shape index (κ3) is 4.12. The van der Waals surface area contributed by atoms with Crippen molar-refractivity contribution in [3.05, 3.63) is 23.8 Å². The summed E-state index contributed by atoms with van der Waals surface area (Å²) < 4.78 is 68.4. The Bertz CT molecular complexity index is 1160. The van der Waals surface area contributed by atoms with Crippen molar-refractivity contribution < 1.29 is 51.6 Å². The minimum atomic E-state index is -2.39. The Hall–Kier alpha value is -2.40. The van der Waals surface area contributed by atoms with Crippen LogP contribution in [0.4, 0.5) is 18.0 Å². The highest BCUT2D eigenvalue weighted by Crippen LogP contribution is 2.71. The third-order valence-corrected chi connectivity index (χ3v) is 11.1. The first-order valence-corrected chi connectivity index (χ1v) is 14.4. The van der Waals surface area contributed by atoms with Gasteiger partial charge in [0.05, 0.1) is 12.2 Å². The molecule has 0 aliphatic heterocycles. The van der Waals surface area contributed by atoms with Gasteiger partial charge in [-0.2, -0.15) is 0 Å². The van der Waals surface area contributed by atoms with Gasteiger partial charge in [-0.3, -0.25) is 4.79 Å². The number of ether oxygens (including phenoxy) is 4. The van der Waals surface area contributed by atoms with Gasteiger partial charge in [0.15, 0.2) is 11.5 Å². The van der Waals surface area contributed by atoms with E-state index in [1.807, 2.05) is 0 Å². The normalized spacial score (nSPS) is 47.0. The Morgan fingerprint density at radius 2 is 1.80 bits per heavy atom. The fraction of sp³-hybridized carbons (Fsp3) is 0.767. The molecule has 8 nitrogen and oxygen atoms in total. The monoisotopic (exact) mass is 584 g/mol. The predicted molar refractivity (Wildman–Crippen MR) is 139 cm³/mol. The summed E-state index contributed by atoms with van der Waals surface area (Å²) in [6, 6.07) is 0. The Morgan fingerprint density at radius 1 is 1.12 bits per heavy atom. The summed E-state index contributed by atoms with van der Waals surface area (Å²) in [5, 5.41) is 11.6. The lowest BCUT2D eigenvalue weighted by atomic mass is 9.44. The highest BCUT2D eigenvalue weighted by atomic mass is 19.1. The number of hydrogen-bond acceptors (Lipinski definition) is 8. The number of halogens is 3. The van der Waals surface area contributed by atoms with Gasteiger partial charge in [-0.25, -0.2) is 22.8 Å². The molecule has 0 aromatic rings. The molecule has 0 saturated heterocycles. The molecule has 11 heteroatoms. The average Bonchev–Trinajstić information content (AvgIpc) is 3.14. The Balaban J connectivity index is 1.54. The summed E-state index contributed by atoms with van der Waals surface area (Å²) in [5.41, 5.74) is -7.64. The highest BCUT2D eigenvalue weighted by Gasteiger charge is 2.79. The molecule has 0 amide bonds. The van der Waals surface area contributed by atoms with Crippen molar-refractivity contribution in [2.24, 2.45) is 28.6 Å². The Kier molecular flexibility index (Phi) is 7.63. The standard InChI is InChI=1S/C30H39F3O8/c1-16-11-18-19-13-21(32)20-12-17(34)9-10-27(20,2)29(19,33)24(35)14-28(18,3)30(16,25(36)39-15-31)41-26(37)40-23-8-6-5-7-22(23)38-4/h9-10,12,16,18-19,21-24,35H,5-8,11,13-15H2,1-4H3/t16-,18+,19+,21+,22+,23+,24+,27+,28+,29?,30-/m1/s1. The van der Waals surface area contributed by atoms with Crippen molar-refractivity contribution in [3.63, 3.8) is 0 Å². The number of aliphatic hydroxyl groups is 1. The van der Waals surface area contributed by atoms with Gasteiger partial charge in [-0.1, -0.05) is 26.3 Å². The van der Waals surface area contributed by atoms with E-state index in [4.69, 9.17) is 18.9 Å². The van der Waals surface area contributed by atoms with Crippen LogP contribution in [0.3, 0.4) is 0 Å². The quantitative estimate of drug-likeness (QED) is 0.456. The maximum absolute atomic E-state index is 17.5. The number of esters is 1. The molecule has 4 fully saturated rings. The van der Waals surface area contributed by atoms with E-state index in [1.165, 1.54) is 26.2 Å². The lowest BCUT2D eigenvalue weighted by Crippen LogP contribution is -2.71. The zero-order valence-corrected chi connectivity index (χ0v) is 23.9. The molecule has 0 bridgehead atoms. The maximum Gasteiger partial charge on any atom is 0.509 e. The molecule has 5 aliphatic rings. The first-order chi connectivity index (χ1) is 19.3. The largest absolute Gasteiger partial charge is 0.509 e. The second-order valence-electron chi connectivity index (χ2n) is 12.8. The zero-order valence-electron chi connectivity index (χ0n) is 23.9. The van der Waals surface area contributed by atoms with Crippen LogP contribution in [0.15, 0.2) is 23.8 Å². The number of fused-ring (bicyclic) bond motifs is 5. The molecule has 0 spiro atoms. The van der Waals surface area contributed by atoms with E-state index >= 15 is 8.78 Å². The fourth-order valence-corrected chi connectivity index (χ4v) is 9.12. The van der Waals surface area contributed by atoms with E-state index in [0.29, 0.717) is 12.8 Å². The van der Waals surface area contributed by atoms with Gasteiger partial charge < -0.3 is 24.1 Å². The number of hydrogen-bond donors (Lipinski definition) is 1. The third-order valence-electron chi connectivity index (χ3n) is 11.1. The molecule has 0 heterocycles. The van der Waals surface area contributed by atoms with Gasteiger partial charge in [-0.05, 0) is 69.1 Å². The number of rotatable bonds is 5. The second-order valence-corrected chi connectivity index (χ2v) is 12.8. The molecule has 0 aromatic carbocycles. The van der Waals surface area contributed by atoms with Gasteiger partial charge >= 0.3 is 12.1 Å². The lowest BCUT2D eigenvalue weighted by Gasteiger charge is -2.62. The average molecular weight is 585 g/mol. The van der Waals surface area contributed by atoms with Crippen molar-refractivity contribution in [1.29, 1.82) is 0 Å². The molecule has 0 aromatic heterocycles. The summed E-state index contributed by atoms with van der Waals surface area (Å²) in [6.07, 6.45) is 0.319. The maximum atomic E-state index is 17.5. The molecule has 11 atom stereocenters. The topological polar surface area (TPSA) is 108 Å². The Morgan fingerprint density at radius 3 is 2.46 bits per heavy atom. The predicted octanol–water partition coefficient (Wildman–Crippen LogP) is 4.87. The summed E-state index contributed by atoms with van der Waals surface area (Å²) in [5.74, 6) is -4.32. The van der Waals surface area contributed by atoms with Crippen LogP contribution in [0.5, 0.6) is 0 Å². The molecule has 0 radical (unpaired) electrons. The summed E-state index contributed by atoms with van der Waals surface area (Å²) >= 11 is 0. The smallest absolute Gasteiger partial charge is 0.431 e. The van der Waals surface area contributed by atoms with Crippen molar-refractivity contribution in [2.75, 3.05) is 14.0 Å². The van der Waals surface area contributed by atoms with Crippen LogP contribution in [0.1, 0.15) is 65.7 Å². The van der Waals surface area contributed by atoms with E-state index in [-0.39, 0.29) is 30.9 Å². The van der Waals surface area contributed by atoms with Crippen LogP contribution < -0.4 is 0 Å². The van der Waals surface area contributed by atoms with Crippen LogP contribution in [-0.4, -0.2) is 72.7 Å². The lowest BCUT2D eigenvalue weighted by molar-refractivity contribution is -0.236. The Labute approximate surface area is 237 Å². The summed E-state index contributed by atoms with van der Waals surface area (Å²) in [7, 11) is 1.51. The van der Waals surface area contributed by atoms with Crippen molar-refractivity contribution in [2.45, 2.75) is 101 Å². The molecule has 41 heavy (non-hydrogen) atoms. The number of allylic oxidation sites excluding steroid dienone is 4. The van der Waals surface area contributed by atoms with E-state index in [1.54, 1.807) is 13.8 Å². The number of methoxy groups -OCH3 is 1. The van der Waals surface area contributed by atoms with E-state index in [2.05, 4.69) is 0 Å². The molecule has 1 unspecified atom stereocenters. The number of ketones is 1. The van der Waals surface area contributed by atoms with Crippen LogP contribution in [0.25, 0.3) is 0 Å². The number of carbonyl (C=O) groups is 3. The molecule has 4 saturated carbocycles. The van der Waals surface area contributed by atoms with Crippen LogP contribution in [-0.2, 0) is 28.5 Å². The van der Waals surface area contributed by atoms with E-state index in [0.717, 1.165) is 18.9 Å². The van der Waals surface area contributed by atoms with Crippen LogP contribution in [0.2, 0.25) is 0 Å². The minimum absolute atomic E-state index is 0.0273. The van der Waals surface area contributed by atoms with Crippen molar-refractivity contribution in [3.8, 4) is 0 Å². The number of carbonyl (C=O) groups excluding carboxylic acids is 3. The molecule has 5 aliphatic carbocycles. The molecular formula is C30H39F3O8. The molecular weight excluding hydrogens is 545 g/mol. The van der Waals surface area contributed by atoms with E-state index < -0.39 is 83.0 Å². The first-order valence-electron chi connectivity index (χ1n) is 14.4. The number of alkyl halides is 3. The molecule has 5 rings (SSSR count). The molecule has 1 N–H and O–H groups in total. The summed E-state index contributed by atoms with van der Waals surface area (Å²) in [4.78, 5) is 39.0. The van der Waals surface area contributed by atoms with Gasteiger partial charge in [0.25, 0.3) is 0 Å². The zero-order chi connectivity index (χ0) is 30.0. The fourth-order valence-electron chi connectivity index (χ4n) is 9.12. The van der Waals surface area contributed by atoms with Gasteiger partial charge in [0.2, 0.25) is 12.5 Å². The van der Waals surface area contributed by atoms with Crippen LogP contribution >= 0.6 is 0 Å². The van der Waals surface area contributed by atoms with E-state index in [9.17, 15) is 23.9 Å². The van der Waals surface area contributed by atoms with Crippen molar-refractivity contribution in [1.82, 2.24) is 0 Å². The van der Waals surface area contributed by atoms with Crippen LogP contribution in [0, 0.1) is 28.6 Å².